The lowest BCUT2D eigenvalue weighted by Gasteiger charge is -2.23. The third-order valence-electron chi connectivity index (χ3n) is 3.65. The Hall–Kier alpha value is -0.730. The minimum Gasteiger partial charge on any atom is -0.384 e. The first-order valence-corrected chi connectivity index (χ1v) is 6.01. The normalized spacial score (nSPS) is 19.8. The van der Waals surface area contributed by atoms with Gasteiger partial charge in [0.2, 0.25) is 0 Å². The Morgan fingerprint density at radius 1 is 1.06 bits per heavy atom. The van der Waals surface area contributed by atoms with Gasteiger partial charge in [-0.15, -0.1) is 12.4 Å². The molecule has 1 saturated heterocycles. The monoisotopic (exact) mass is 238 g/mol. The van der Waals surface area contributed by atoms with Gasteiger partial charge in [-0.25, -0.2) is 0 Å². The highest BCUT2D eigenvalue weighted by molar-refractivity contribution is 5.85. The van der Waals surface area contributed by atoms with Gasteiger partial charge in [0.1, 0.15) is 0 Å². The third-order valence-corrected chi connectivity index (χ3v) is 3.65. The zero-order valence-corrected chi connectivity index (χ0v) is 10.3. The van der Waals surface area contributed by atoms with Gasteiger partial charge in [0, 0.05) is 12.2 Å². The van der Waals surface area contributed by atoms with Crippen molar-refractivity contribution < 1.29 is 0 Å². The van der Waals surface area contributed by atoms with Gasteiger partial charge < -0.3 is 10.6 Å². The van der Waals surface area contributed by atoms with Crippen LogP contribution in [-0.2, 0) is 6.42 Å². The zero-order chi connectivity index (χ0) is 10.1. The number of fused-ring (bicyclic) bond motifs is 1. The largest absolute Gasteiger partial charge is 0.384 e. The lowest BCUT2D eigenvalue weighted by atomic mass is 9.89. The number of nitrogens with one attached hydrogen (secondary N) is 2. The van der Waals surface area contributed by atoms with Crippen LogP contribution in [0.3, 0.4) is 0 Å². The van der Waals surface area contributed by atoms with E-state index in [4.69, 9.17) is 0 Å². The lowest BCUT2D eigenvalue weighted by molar-refractivity contribution is 0.460. The van der Waals surface area contributed by atoms with Gasteiger partial charge in [-0.1, -0.05) is 12.1 Å². The maximum Gasteiger partial charge on any atom is 0.0376 e. The van der Waals surface area contributed by atoms with Crippen molar-refractivity contribution in [3.8, 4) is 0 Å². The minimum absolute atomic E-state index is 0. The van der Waals surface area contributed by atoms with E-state index in [1.807, 2.05) is 0 Å². The molecule has 2 nitrogen and oxygen atoms in total. The number of hydrogen-bond donors (Lipinski definition) is 2. The molecule has 0 saturated carbocycles. The molecule has 1 fully saturated rings. The third kappa shape index (κ3) is 2.18. The van der Waals surface area contributed by atoms with E-state index in [1.54, 1.807) is 0 Å². The molecule has 16 heavy (non-hydrogen) atoms. The minimum atomic E-state index is 0. The number of rotatable bonds is 1. The first-order valence-electron chi connectivity index (χ1n) is 6.01. The summed E-state index contributed by atoms with van der Waals surface area (Å²) in [6.45, 7) is 3.47. The van der Waals surface area contributed by atoms with Crippen LogP contribution in [0.5, 0.6) is 0 Å². The predicted octanol–water partition coefficient (Wildman–Crippen LogP) is 2.54. The van der Waals surface area contributed by atoms with E-state index in [9.17, 15) is 0 Å². The maximum atomic E-state index is 3.46. The van der Waals surface area contributed by atoms with Crippen LogP contribution in [0, 0.1) is 0 Å². The van der Waals surface area contributed by atoms with Crippen molar-refractivity contribution in [2.45, 2.75) is 25.2 Å². The van der Waals surface area contributed by atoms with Gasteiger partial charge in [0.25, 0.3) is 0 Å². The van der Waals surface area contributed by atoms with Crippen LogP contribution >= 0.6 is 12.4 Å². The molecule has 0 spiro atoms. The molecule has 2 heterocycles. The van der Waals surface area contributed by atoms with Gasteiger partial charge in [-0.3, -0.25) is 0 Å². The Balaban J connectivity index is 0.000000963. The standard InChI is InChI=1S/C13H18N2.ClH/c1-2-12(10-3-6-14-7-4-10)9-13-11(1)5-8-15-13;/h1-2,9-10,14-15H,3-8H2;1H. The van der Waals surface area contributed by atoms with Crippen molar-refractivity contribution in [3.63, 3.8) is 0 Å². The second-order valence-electron chi connectivity index (χ2n) is 4.62. The highest BCUT2D eigenvalue weighted by Crippen LogP contribution is 2.30. The van der Waals surface area contributed by atoms with Crippen LogP contribution in [0.1, 0.15) is 29.9 Å². The van der Waals surface area contributed by atoms with Crippen LogP contribution in [0.25, 0.3) is 0 Å². The fraction of sp³-hybridized carbons (Fsp3) is 0.538. The molecule has 0 radical (unpaired) electrons. The fourth-order valence-corrected chi connectivity index (χ4v) is 2.72. The summed E-state index contributed by atoms with van der Waals surface area (Å²) in [6, 6.07) is 7.02. The summed E-state index contributed by atoms with van der Waals surface area (Å²) in [5.74, 6) is 0.777. The molecule has 0 amide bonds. The van der Waals surface area contributed by atoms with E-state index >= 15 is 0 Å². The molecule has 0 unspecified atom stereocenters. The Morgan fingerprint density at radius 2 is 1.88 bits per heavy atom. The van der Waals surface area contributed by atoms with Crippen LogP contribution in [0.4, 0.5) is 5.69 Å². The molecule has 88 valence electrons. The molecule has 0 aliphatic carbocycles. The second-order valence-corrected chi connectivity index (χ2v) is 4.62. The van der Waals surface area contributed by atoms with E-state index in [0.29, 0.717) is 0 Å². The van der Waals surface area contributed by atoms with Gasteiger partial charge in [0.05, 0.1) is 0 Å². The average molecular weight is 239 g/mol. The van der Waals surface area contributed by atoms with Crippen LogP contribution < -0.4 is 10.6 Å². The molecule has 2 aliphatic rings. The summed E-state index contributed by atoms with van der Waals surface area (Å²) in [6.07, 6.45) is 3.78. The number of benzene rings is 1. The van der Waals surface area contributed by atoms with E-state index in [0.717, 1.165) is 12.5 Å². The van der Waals surface area contributed by atoms with Crippen molar-refractivity contribution in [1.29, 1.82) is 0 Å². The molecular weight excluding hydrogens is 220 g/mol. The molecule has 3 heteroatoms. The Morgan fingerprint density at radius 3 is 2.69 bits per heavy atom. The van der Waals surface area contributed by atoms with Gasteiger partial charge >= 0.3 is 0 Å². The smallest absolute Gasteiger partial charge is 0.0376 e. The quantitative estimate of drug-likeness (QED) is 0.786. The molecule has 2 N–H and O–H groups in total. The Kier molecular flexibility index (Phi) is 3.72. The topological polar surface area (TPSA) is 24.1 Å². The molecule has 1 aromatic carbocycles. The second kappa shape index (κ2) is 5.07. The van der Waals surface area contributed by atoms with Crippen molar-refractivity contribution in [2.75, 3.05) is 25.0 Å². The predicted molar refractivity (Wildman–Crippen MR) is 70.7 cm³/mol. The van der Waals surface area contributed by atoms with E-state index in [-0.39, 0.29) is 12.4 Å². The fourth-order valence-electron chi connectivity index (χ4n) is 2.72. The van der Waals surface area contributed by atoms with E-state index in [1.165, 1.54) is 49.2 Å². The first-order chi connectivity index (χ1) is 7.43. The highest BCUT2D eigenvalue weighted by Gasteiger charge is 2.17. The lowest BCUT2D eigenvalue weighted by Crippen LogP contribution is -2.26. The van der Waals surface area contributed by atoms with E-state index < -0.39 is 0 Å². The summed E-state index contributed by atoms with van der Waals surface area (Å²) in [5, 5.41) is 6.89. The zero-order valence-electron chi connectivity index (χ0n) is 9.46. The summed E-state index contributed by atoms with van der Waals surface area (Å²) in [4.78, 5) is 0. The van der Waals surface area contributed by atoms with Crippen molar-refractivity contribution >= 4 is 18.1 Å². The van der Waals surface area contributed by atoms with Crippen molar-refractivity contribution in [1.82, 2.24) is 5.32 Å². The van der Waals surface area contributed by atoms with Crippen LogP contribution in [0.15, 0.2) is 18.2 Å². The number of halogens is 1. The molecule has 0 bridgehead atoms. The maximum absolute atomic E-state index is 3.46. The van der Waals surface area contributed by atoms with Gasteiger partial charge in [-0.2, -0.15) is 0 Å². The summed E-state index contributed by atoms with van der Waals surface area (Å²) in [5.41, 5.74) is 4.41. The summed E-state index contributed by atoms with van der Waals surface area (Å²) in [7, 11) is 0. The van der Waals surface area contributed by atoms with Crippen molar-refractivity contribution in [2.24, 2.45) is 0 Å². The molecular formula is C13H19ClN2. The first kappa shape index (κ1) is 11.7. The highest BCUT2D eigenvalue weighted by atomic mass is 35.5. The number of piperidine rings is 1. The van der Waals surface area contributed by atoms with Crippen molar-refractivity contribution in [3.05, 3.63) is 29.3 Å². The van der Waals surface area contributed by atoms with E-state index in [2.05, 4.69) is 28.8 Å². The van der Waals surface area contributed by atoms with Crippen LogP contribution in [-0.4, -0.2) is 19.6 Å². The van der Waals surface area contributed by atoms with Gasteiger partial charge in [0.15, 0.2) is 0 Å². The average Bonchev–Trinajstić information content (AvgIpc) is 2.77. The molecule has 2 aliphatic heterocycles. The van der Waals surface area contributed by atoms with Crippen LogP contribution in [0.2, 0.25) is 0 Å². The number of hydrogen-bond acceptors (Lipinski definition) is 2. The van der Waals surface area contributed by atoms with Gasteiger partial charge in [-0.05, 0) is 55.5 Å². The number of anilines is 1. The molecule has 3 rings (SSSR count). The SMILES string of the molecule is Cl.c1cc2c(cc1C1CCNCC1)NCC2. The molecule has 1 aromatic rings. The summed E-state index contributed by atoms with van der Waals surface area (Å²) >= 11 is 0. The Labute approximate surface area is 103 Å². The molecule has 0 atom stereocenters. The molecule has 0 aromatic heterocycles. The summed E-state index contributed by atoms with van der Waals surface area (Å²) < 4.78 is 0. The Bertz CT molecular complexity index is 359.